The van der Waals surface area contributed by atoms with E-state index in [1.54, 1.807) is 30.1 Å². The predicted molar refractivity (Wildman–Crippen MR) is 116 cm³/mol. The van der Waals surface area contributed by atoms with Crippen molar-refractivity contribution in [3.05, 3.63) is 63.7 Å². The standard InChI is InChI=1S/C23H25N3O6/c1-24-16-7-5-4-6-15(16)23(22(24)28)20(13-8-9-18(31-2)19(10-13)32-3)21(26(29)30)17-11-14(27)12-25(17)23/h4-10,14,17,20-21,27H,11-12H2,1-3H3/t14-,17+,20+,21-,23+/m1/s1. The number of hydrogen-bond acceptors (Lipinski definition) is 7. The highest BCUT2D eigenvalue weighted by molar-refractivity contribution is 6.08. The molecule has 9 nitrogen and oxygen atoms in total. The Balaban J connectivity index is 1.81. The Morgan fingerprint density at radius 2 is 1.88 bits per heavy atom. The monoisotopic (exact) mass is 439 g/mol. The van der Waals surface area contributed by atoms with Gasteiger partial charge in [0.05, 0.1) is 32.3 Å². The molecule has 0 aromatic heterocycles. The number of benzene rings is 2. The summed E-state index contributed by atoms with van der Waals surface area (Å²) in [5.74, 6) is -0.0380. The summed E-state index contributed by atoms with van der Waals surface area (Å²) in [7, 11) is 4.73. The Labute approximate surface area is 185 Å². The van der Waals surface area contributed by atoms with Crippen molar-refractivity contribution in [2.75, 3.05) is 32.7 Å². The number of anilines is 1. The number of likely N-dealkylation sites (N-methyl/N-ethyl adjacent to an activating group) is 1. The van der Waals surface area contributed by atoms with Crippen LogP contribution in [0.25, 0.3) is 0 Å². The van der Waals surface area contributed by atoms with E-state index in [1.807, 2.05) is 29.2 Å². The maximum atomic E-state index is 14.0. The molecule has 3 aliphatic heterocycles. The van der Waals surface area contributed by atoms with Gasteiger partial charge in [0.2, 0.25) is 6.04 Å². The number of rotatable bonds is 4. The number of aliphatic hydroxyl groups excluding tert-OH is 1. The Morgan fingerprint density at radius 1 is 1.16 bits per heavy atom. The molecule has 1 N–H and O–H groups in total. The zero-order valence-electron chi connectivity index (χ0n) is 18.1. The number of ether oxygens (including phenoxy) is 2. The van der Waals surface area contributed by atoms with Crippen molar-refractivity contribution in [1.29, 1.82) is 0 Å². The number of para-hydroxylation sites is 1. The fourth-order valence-electron chi connectivity index (χ4n) is 6.11. The second-order valence-corrected chi connectivity index (χ2v) is 8.62. The fourth-order valence-corrected chi connectivity index (χ4v) is 6.11. The summed E-state index contributed by atoms with van der Waals surface area (Å²) in [5, 5.41) is 22.9. The lowest BCUT2D eigenvalue weighted by Crippen LogP contribution is -2.52. The van der Waals surface area contributed by atoms with Crippen molar-refractivity contribution in [2.45, 2.75) is 36.1 Å². The van der Waals surface area contributed by atoms with Gasteiger partial charge in [-0.15, -0.1) is 0 Å². The van der Waals surface area contributed by atoms with Crippen LogP contribution >= 0.6 is 0 Å². The third-order valence-corrected chi connectivity index (χ3v) is 7.28. The first-order valence-electron chi connectivity index (χ1n) is 10.5. The lowest BCUT2D eigenvalue weighted by molar-refractivity contribution is -0.527. The molecule has 5 rings (SSSR count). The van der Waals surface area contributed by atoms with Crippen molar-refractivity contribution in [3.8, 4) is 11.5 Å². The van der Waals surface area contributed by atoms with E-state index in [-0.39, 0.29) is 23.8 Å². The largest absolute Gasteiger partial charge is 0.493 e. The molecule has 5 atom stereocenters. The van der Waals surface area contributed by atoms with Crippen LogP contribution in [0.1, 0.15) is 23.5 Å². The molecule has 168 valence electrons. The maximum Gasteiger partial charge on any atom is 0.252 e. The summed E-state index contributed by atoms with van der Waals surface area (Å²) in [4.78, 5) is 29.6. The van der Waals surface area contributed by atoms with E-state index < -0.39 is 29.6 Å². The number of fused-ring (bicyclic) bond motifs is 4. The molecular formula is C23H25N3O6. The normalized spacial score (nSPS) is 31.1. The van der Waals surface area contributed by atoms with Gasteiger partial charge in [0, 0.05) is 29.8 Å². The van der Waals surface area contributed by atoms with Crippen LogP contribution in [-0.4, -0.2) is 66.8 Å². The second-order valence-electron chi connectivity index (χ2n) is 8.62. The molecule has 0 aliphatic carbocycles. The molecule has 32 heavy (non-hydrogen) atoms. The van der Waals surface area contributed by atoms with Gasteiger partial charge in [0.25, 0.3) is 5.91 Å². The van der Waals surface area contributed by atoms with Gasteiger partial charge in [0.1, 0.15) is 5.54 Å². The summed E-state index contributed by atoms with van der Waals surface area (Å²) in [6, 6.07) is 11.0. The van der Waals surface area contributed by atoms with Crippen molar-refractivity contribution in [2.24, 2.45) is 0 Å². The van der Waals surface area contributed by atoms with Crippen LogP contribution in [0.2, 0.25) is 0 Å². The number of hydrogen-bond donors (Lipinski definition) is 1. The van der Waals surface area contributed by atoms with Gasteiger partial charge in [-0.05, 0) is 30.2 Å². The Bertz CT molecular complexity index is 1110. The van der Waals surface area contributed by atoms with Gasteiger partial charge in [-0.2, -0.15) is 0 Å². The van der Waals surface area contributed by atoms with Crippen LogP contribution in [0.4, 0.5) is 5.69 Å². The zero-order valence-corrected chi connectivity index (χ0v) is 18.1. The predicted octanol–water partition coefficient (Wildman–Crippen LogP) is 1.75. The summed E-state index contributed by atoms with van der Waals surface area (Å²) >= 11 is 0. The van der Waals surface area contributed by atoms with Crippen LogP contribution in [0, 0.1) is 10.1 Å². The Morgan fingerprint density at radius 3 is 2.56 bits per heavy atom. The van der Waals surface area contributed by atoms with E-state index in [1.165, 1.54) is 14.2 Å². The minimum Gasteiger partial charge on any atom is -0.493 e. The highest BCUT2D eigenvalue weighted by Gasteiger charge is 2.73. The van der Waals surface area contributed by atoms with Crippen molar-refractivity contribution < 1.29 is 24.3 Å². The molecule has 9 heteroatoms. The number of nitrogens with zero attached hydrogens (tertiary/aromatic N) is 3. The van der Waals surface area contributed by atoms with Gasteiger partial charge < -0.3 is 19.5 Å². The topological polar surface area (TPSA) is 105 Å². The molecule has 1 spiro atoms. The first-order chi connectivity index (χ1) is 15.4. The molecular weight excluding hydrogens is 414 g/mol. The SMILES string of the molecule is COc1ccc([C@H]2[C@H]([N+](=O)[O-])[C@@H]3C[C@@H](O)CN3[C@]23C(=O)N(C)c2ccccc23)cc1OC. The molecule has 1 amide bonds. The van der Waals surface area contributed by atoms with Crippen LogP contribution in [0.3, 0.4) is 0 Å². The number of methoxy groups -OCH3 is 2. The highest BCUT2D eigenvalue weighted by atomic mass is 16.6. The average molecular weight is 439 g/mol. The molecule has 2 aromatic rings. The van der Waals surface area contributed by atoms with Gasteiger partial charge in [-0.1, -0.05) is 24.3 Å². The fraction of sp³-hybridized carbons (Fsp3) is 0.435. The highest BCUT2D eigenvalue weighted by Crippen LogP contribution is 2.61. The van der Waals surface area contributed by atoms with Crippen LogP contribution in [0.5, 0.6) is 11.5 Å². The molecule has 2 saturated heterocycles. The molecule has 0 unspecified atom stereocenters. The Kier molecular flexibility index (Phi) is 4.65. The van der Waals surface area contributed by atoms with Gasteiger partial charge in [-0.25, -0.2) is 0 Å². The second kappa shape index (κ2) is 7.18. The third-order valence-electron chi connectivity index (χ3n) is 7.28. The van der Waals surface area contributed by atoms with Crippen molar-refractivity contribution in [3.63, 3.8) is 0 Å². The molecule has 0 bridgehead atoms. The number of nitro groups is 1. The van der Waals surface area contributed by atoms with Crippen molar-refractivity contribution >= 4 is 11.6 Å². The maximum absolute atomic E-state index is 14.0. The van der Waals surface area contributed by atoms with Crippen molar-refractivity contribution in [1.82, 2.24) is 4.90 Å². The molecule has 3 aliphatic rings. The minimum absolute atomic E-state index is 0.201. The van der Waals surface area contributed by atoms with E-state index >= 15 is 0 Å². The molecule has 2 fully saturated rings. The summed E-state index contributed by atoms with van der Waals surface area (Å²) in [6.45, 7) is 0.201. The van der Waals surface area contributed by atoms with E-state index in [0.29, 0.717) is 17.1 Å². The number of aliphatic hydroxyl groups is 1. The first-order valence-corrected chi connectivity index (χ1v) is 10.5. The third kappa shape index (κ3) is 2.49. The van der Waals surface area contributed by atoms with E-state index in [9.17, 15) is 20.0 Å². The number of amides is 1. The minimum atomic E-state index is -1.29. The summed E-state index contributed by atoms with van der Waals surface area (Å²) in [5.41, 5.74) is 0.805. The molecule has 0 saturated carbocycles. The van der Waals surface area contributed by atoms with Crippen LogP contribution in [-0.2, 0) is 10.3 Å². The van der Waals surface area contributed by atoms with E-state index in [0.717, 1.165) is 11.3 Å². The Hall–Kier alpha value is -3.17. The average Bonchev–Trinajstić information content (AvgIpc) is 3.37. The van der Waals surface area contributed by atoms with E-state index in [4.69, 9.17) is 9.47 Å². The van der Waals surface area contributed by atoms with E-state index in [2.05, 4.69) is 0 Å². The smallest absolute Gasteiger partial charge is 0.252 e. The van der Waals surface area contributed by atoms with Gasteiger partial charge in [-0.3, -0.25) is 19.8 Å². The number of carbonyl (C=O) groups is 1. The lowest BCUT2D eigenvalue weighted by Gasteiger charge is -2.37. The zero-order chi connectivity index (χ0) is 22.8. The molecule has 2 aromatic carbocycles. The molecule has 3 heterocycles. The first kappa shape index (κ1) is 20.7. The molecule has 0 radical (unpaired) electrons. The summed E-state index contributed by atoms with van der Waals surface area (Å²) in [6.07, 6.45) is -0.479. The quantitative estimate of drug-likeness (QED) is 0.572. The van der Waals surface area contributed by atoms with Crippen LogP contribution < -0.4 is 14.4 Å². The van der Waals surface area contributed by atoms with Crippen LogP contribution in [0.15, 0.2) is 42.5 Å². The summed E-state index contributed by atoms with van der Waals surface area (Å²) < 4.78 is 10.8. The van der Waals surface area contributed by atoms with Gasteiger partial charge >= 0.3 is 0 Å². The lowest BCUT2D eigenvalue weighted by atomic mass is 9.73. The van der Waals surface area contributed by atoms with Gasteiger partial charge in [0.15, 0.2) is 11.5 Å². The number of carbonyl (C=O) groups excluding carboxylic acids is 1.